The van der Waals surface area contributed by atoms with Crippen molar-refractivity contribution in [2.24, 2.45) is 11.7 Å². The van der Waals surface area contributed by atoms with Crippen LogP contribution in [0.15, 0.2) is 72.9 Å². The maximum absolute atomic E-state index is 14.7. The van der Waals surface area contributed by atoms with Crippen molar-refractivity contribution in [1.29, 1.82) is 0 Å². The Morgan fingerprint density at radius 3 is 2.12 bits per heavy atom. The van der Waals surface area contributed by atoms with Crippen molar-refractivity contribution < 1.29 is 101 Å². The number of phenols is 1. The van der Waals surface area contributed by atoms with Gasteiger partial charge in [-0.25, -0.2) is 9.50 Å². The van der Waals surface area contributed by atoms with Gasteiger partial charge >= 0.3 is 10.4 Å². The number of carbonyl (C=O) groups excluding carboxylic acids is 8. The van der Waals surface area contributed by atoms with Gasteiger partial charge in [-0.3, -0.25) is 42.9 Å². The number of aliphatic hydroxyl groups is 7. The first-order valence-electron chi connectivity index (χ1n) is 28.4. The molecule has 5 aromatic rings. The Labute approximate surface area is 516 Å². The molecule has 34 heteroatoms. The van der Waals surface area contributed by atoms with E-state index < -0.39 is 199 Å². The molecular formula is C56H69N11O21S2. The third-order valence-corrected chi connectivity index (χ3v) is 16.7. The van der Waals surface area contributed by atoms with Crippen molar-refractivity contribution in [2.45, 2.75) is 132 Å². The van der Waals surface area contributed by atoms with E-state index in [0.29, 0.717) is 43.7 Å². The zero-order valence-electron chi connectivity index (χ0n) is 48.4. The number of benzene rings is 3. The average Bonchev–Trinajstić information content (AvgIpc) is 1.64. The molecule has 0 radical (unpaired) electrons. The number of phenolic OH excluding ortho intramolecular Hbond substituents is 1. The largest absolute Gasteiger partial charge is 0.504 e. The summed E-state index contributed by atoms with van der Waals surface area (Å²) < 4.78 is 44.1. The third-order valence-electron chi connectivity index (χ3n) is 15.3. The van der Waals surface area contributed by atoms with E-state index in [-0.39, 0.29) is 5.56 Å². The van der Waals surface area contributed by atoms with Crippen LogP contribution in [0.2, 0.25) is 0 Å². The van der Waals surface area contributed by atoms with E-state index in [9.17, 15) is 92.2 Å². The topological polar surface area (TPSA) is 494 Å². The molecule has 0 aliphatic carbocycles. The number of aromatic hydroxyl groups is 1. The molecule has 3 aliphatic rings. The first-order chi connectivity index (χ1) is 42.5. The molecule has 3 saturated heterocycles. The zero-order valence-corrected chi connectivity index (χ0v) is 50.1. The van der Waals surface area contributed by atoms with E-state index in [1.54, 1.807) is 22.8 Å². The maximum Gasteiger partial charge on any atom is 0.446 e. The molecular weight excluding hydrogens is 1230 g/mol. The minimum absolute atomic E-state index is 0.0282. The molecule has 90 heavy (non-hydrogen) atoms. The number of fused-ring (bicyclic) bond motifs is 3. The Balaban J connectivity index is 1.10. The number of imidazole rings is 1. The second-order valence-corrected chi connectivity index (χ2v) is 24.1. The van der Waals surface area contributed by atoms with Crippen LogP contribution in [0.25, 0.3) is 26.8 Å². The lowest BCUT2D eigenvalue weighted by molar-refractivity contribution is -0.148. The Morgan fingerprint density at radius 1 is 0.822 bits per heavy atom. The summed E-state index contributed by atoms with van der Waals surface area (Å²) in [5, 5.41) is 107. The van der Waals surface area contributed by atoms with Crippen molar-refractivity contribution in [3.63, 3.8) is 0 Å². The van der Waals surface area contributed by atoms with Crippen LogP contribution in [0, 0.1) is 5.92 Å². The number of carbonyl (C=O) groups is 8. The lowest BCUT2D eigenvalue weighted by Crippen LogP contribution is -2.64. The van der Waals surface area contributed by atoms with Crippen LogP contribution < -0.4 is 41.2 Å². The van der Waals surface area contributed by atoms with E-state index in [1.165, 1.54) is 30.4 Å². The van der Waals surface area contributed by atoms with E-state index in [1.807, 2.05) is 24.3 Å². The molecule has 5 unspecified atom stereocenters. The molecule has 3 aliphatic heterocycles. The first-order valence-corrected chi connectivity index (χ1v) is 30.6. The Kier molecular flexibility index (Phi) is 21.4. The molecule has 486 valence electrons. The molecule has 32 nitrogen and oxygen atoms in total. The SMILES string of the molecule is CCCCOc1ccc(-c2nn3cc(-c4ccc(C(=O)N[C@H]5C[C@H](O)CNC(=O)C6[C@@H](O)[C@@H](C)CN6C(=O)C([C@H](O)CC(N)=O)NC(=O)C([C@H](O)[C@@H](O)c6ccc(O)c(OS(=O)(=O)O)c6)NC(=O)C6C[C@@H](O)CN6C(=O)C([C@H](C)O)NC5=O)cc4)nc3s2)cc1. The number of β-amino-alcohol motifs (C(OH)–C–C–N with tert-alkyl or cyclic N) is 1. The highest BCUT2D eigenvalue weighted by Crippen LogP contribution is 2.34. The summed E-state index contributed by atoms with van der Waals surface area (Å²) in [7, 11) is -5.34. The molecule has 0 saturated carbocycles. The third kappa shape index (κ3) is 15.9. The average molecular weight is 1300 g/mol. The van der Waals surface area contributed by atoms with Crippen molar-refractivity contribution in [2.75, 3.05) is 26.2 Å². The highest BCUT2D eigenvalue weighted by Gasteiger charge is 2.50. The molecule has 3 fully saturated rings. The van der Waals surface area contributed by atoms with Gasteiger partial charge in [0.1, 0.15) is 59.2 Å². The number of amides is 8. The van der Waals surface area contributed by atoms with Gasteiger partial charge in [0.2, 0.25) is 46.3 Å². The minimum Gasteiger partial charge on any atom is -0.504 e. The summed E-state index contributed by atoms with van der Waals surface area (Å²) in [6.07, 6.45) is -13.1. The van der Waals surface area contributed by atoms with E-state index in [4.69, 9.17) is 15.5 Å². The van der Waals surface area contributed by atoms with Gasteiger partial charge < -0.3 is 91.9 Å². The normalized spacial score (nSPS) is 25.5. The molecule has 2 aromatic heterocycles. The van der Waals surface area contributed by atoms with Crippen molar-refractivity contribution in [3.8, 4) is 39.1 Å². The van der Waals surface area contributed by atoms with Crippen molar-refractivity contribution >= 4 is 74.0 Å². The van der Waals surface area contributed by atoms with Crippen LogP contribution in [0.4, 0.5) is 0 Å². The van der Waals surface area contributed by atoms with Crippen LogP contribution in [-0.4, -0.2) is 225 Å². The lowest BCUT2D eigenvalue weighted by Gasteiger charge is -2.34. The summed E-state index contributed by atoms with van der Waals surface area (Å²) in [4.78, 5) is 120. The number of aromatic nitrogens is 3. The Morgan fingerprint density at radius 2 is 1.48 bits per heavy atom. The molecule has 3 aromatic carbocycles. The number of nitrogens with two attached hydrogens (primary N) is 1. The van der Waals surface area contributed by atoms with E-state index in [0.717, 1.165) is 43.2 Å². The fraction of sp³-hybridized carbons (Fsp3) is 0.464. The van der Waals surface area contributed by atoms with Gasteiger partial charge in [0, 0.05) is 55.1 Å². The number of nitrogens with one attached hydrogen (secondary N) is 5. The first kappa shape index (κ1) is 67.5. The van der Waals surface area contributed by atoms with Crippen molar-refractivity contribution in [3.05, 3.63) is 84.1 Å². The number of nitrogens with zero attached hydrogens (tertiary/aromatic N) is 5. The predicted molar refractivity (Wildman–Crippen MR) is 312 cm³/mol. The van der Waals surface area contributed by atoms with Gasteiger partial charge in [0.05, 0.1) is 55.4 Å². The highest BCUT2D eigenvalue weighted by atomic mass is 32.3. The monoisotopic (exact) mass is 1300 g/mol. The van der Waals surface area contributed by atoms with Crippen LogP contribution >= 0.6 is 11.3 Å². The van der Waals surface area contributed by atoms with E-state index in [2.05, 4.69) is 42.8 Å². The fourth-order valence-electron chi connectivity index (χ4n) is 10.5. The van der Waals surface area contributed by atoms with Gasteiger partial charge in [-0.05, 0) is 67.4 Å². The number of aliphatic hydroxyl groups excluding tert-OH is 7. The molecule has 0 spiro atoms. The Bertz CT molecular complexity index is 3560. The summed E-state index contributed by atoms with van der Waals surface area (Å²) in [6.45, 7) is 3.22. The van der Waals surface area contributed by atoms with E-state index >= 15 is 0 Å². The number of ether oxygens (including phenoxy) is 1. The molecule has 0 bridgehead atoms. The number of hydrogen-bond acceptors (Lipinski definition) is 23. The summed E-state index contributed by atoms with van der Waals surface area (Å²) in [5.74, 6) is -12.4. The van der Waals surface area contributed by atoms with Crippen LogP contribution in [0.1, 0.15) is 74.9 Å². The summed E-state index contributed by atoms with van der Waals surface area (Å²) in [5.41, 5.74) is 6.66. The van der Waals surface area contributed by atoms with Crippen LogP contribution in [0.5, 0.6) is 17.2 Å². The predicted octanol–water partition coefficient (Wildman–Crippen LogP) is -3.49. The fourth-order valence-corrected chi connectivity index (χ4v) is 11.8. The van der Waals surface area contributed by atoms with Gasteiger partial charge in [-0.2, -0.15) is 13.5 Å². The van der Waals surface area contributed by atoms with Crippen LogP contribution in [-0.2, 0) is 44.0 Å². The molecule has 8 amide bonds. The summed E-state index contributed by atoms with van der Waals surface area (Å²) in [6, 6.07) is 3.13. The number of hydrogen-bond donors (Lipinski definition) is 15. The number of rotatable bonds is 17. The van der Waals surface area contributed by atoms with Crippen molar-refractivity contribution in [1.82, 2.24) is 51.0 Å². The highest BCUT2D eigenvalue weighted by molar-refractivity contribution is 7.81. The zero-order chi connectivity index (χ0) is 65.6. The lowest BCUT2D eigenvalue weighted by atomic mass is 9.96. The van der Waals surface area contributed by atoms with Gasteiger partial charge in [0.25, 0.3) is 5.91 Å². The second kappa shape index (κ2) is 28.6. The maximum atomic E-state index is 14.7. The smallest absolute Gasteiger partial charge is 0.446 e. The Hall–Kier alpha value is -8.45. The molecule has 5 heterocycles. The quantitative estimate of drug-likeness (QED) is 0.0317. The molecule has 8 rings (SSSR count). The molecule has 14 atom stereocenters. The van der Waals surface area contributed by atoms with Gasteiger partial charge in [0.15, 0.2) is 11.5 Å². The minimum atomic E-state index is -5.34. The second-order valence-electron chi connectivity index (χ2n) is 22.1. The van der Waals surface area contributed by atoms with Gasteiger partial charge in [-0.15, -0.1) is 0 Å². The number of primary amides is 1. The molecule has 16 N–H and O–H groups in total. The summed E-state index contributed by atoms with van der Waals surface area (Å²) >= 11 is 1.34. The standard InChI is InChI=1S/C56H69N11O21S2/c1-4-5-16-87-33-13-10-29(11-14-33)53-64-67-24-35(60-56(67)89-53)27-6-8-28(9-7-27)48(77)59-34-18-31(69)21-58-52(81)44-45(74)25(2)22-66(44)55(83)42(38(72)20-40(57)73)62-51(80)43(47(76)46(75)30-12-15-37(71)39(17-30)88-90(84,85)86)63-50(79)36-19-32(70)23-65(36)54(82)41(26(3)68)61-49(34)78/h6-15,17,24-26,31-32,34,36,38,41-47,68-72,74-76H,4-5,16,18-23H2,1-3H3,(H2,57,73)(H,58,81)(H,59,77)(H,61,78)(H,62,80)(H,63,79)(H,84,85,86)/t25-,26-,31-,32+,34-,36?,38+,41?,42?,43?,44?,45-,46-,47-/m0/s1. The van der Waals surface area contributed by atoms with Crippen LogP contribution in [0.3, 0.4) is 0 Å². The number of unbranched alkanes of at least 4 members (excludes halogenated alkanes) is 1. The van der Waals surface area contributed by atoms with Gasteiger partial charge in [-0.1, -0.05) is 49.8 Å².